The largest absolute Gasteiger partial charge is 0.480 e. The topological polar surface area (TPSA) is 159 Å². The summed E-state index contributed by atoms with van der Waals surface area (Å²) in [5, 5.41) is 10.9. The highest BCUT2D eigenvalue weighted by Crippen LogP contribution is 2.34. The first-order chi connectivity index (χ1) is 18.3. The molecule has 4 heterocycles. The molecule has 39 heavy (non-hydrogen) atoms. The number of thiazole rings is 1. The number of carboxylic acid groups (broad SMARTS) is 1. The van der Waals surface area contributed by atoms with Crippen molar-refractivity contribution >= 4 is 55.0 Å². The number of halogens is 3. The fraction of sp³-hybridized carbons (Fsp3) is 0.391. The van der Waals surface area contributed by atoms with Crippen LogP contribution in [0.2, 0.25) is 0 Å². The molecule has 5 rings (SSSR count). The van der Waals surface area contributed by atoms with Crippen LogP contribution in [-0.2, 0) is 26.0 Å². The Hall–Kier alpha value is -3.50. The van der Waals surface area contributed by atoms with Crippen molar-refractivity contribution in [3.63, 3.8) is 0 Å². The minimum atomic E-state index is -4.26. The molecule has 2 saturated heterocycles. The minimum absolute atomic E-state index is 0.0196. The number of hydrogen-bond donors (Lipinski definition) is 3. The number of aromatic nitrogens is 2. The van der Waals surface area contributed by atoms with Crippen LogP contribution in [0.15, 0.2) is 34.8 Å². The van der Waals surface area contributed by atoms with Gasteiger partial charge in [0.1, 0.15) is 23.7 Å². The predicted octanol–water partition coefficient (Wildman–Crippen LogP) is 1.83. The first-order valence-electron chi connectivity index (χ1n) is 11.8. The number of aliphatic carboxylic acids is 1. The van der Waals surface area contributed by atoms with E-state index >= 15 is 0 Å². The zero-order chi connectivity index (χ0) is 28.1. The highest BCUT2D eigenvalue weighted by Gasteiger charge is 2.42. The molecular weight excluding hydrogens is 561 g/mol. The van der Waals surface area contributed by atoms with Crippen molar-refractivity contribution in [1.29, 1.82) is 0 Å². The van der Waals surface area contributed by atoms with Gasteiger partial charge in [-0.3, -0.25) is 4.79 Å². The lowest BCUT2D eigenvalue weighted by Crippen LogP contribution is -2.48. The van der Waals surface area contributed by atoms with Gasteiger partial charge in [-0.15, -0.1) is 0 Å². The molecule has 208 valence electrons. The van der Waals surface area contributed by atoms with Gasteiger partial charge in [0.05, 0.1) is 12.7 Å². The number of likely N-dealkylation sites (tertiary alicyclic amines) is 1. The molecule has 2 fully saturated rings. The van der Waals surface area contributed by atoms with Crippen LogP contribution < -0.4 is 15.4 Å². The Balaban J connectivity index is 1.30. The van der Waals surface area contributed by atoms with Crippen LogP contribution in [-0.4, -0.2) is 77.9 Å². The molecule has 0 aliphatic carbocycles. The molecule has 11 nitrogen and oxygen atoms in total. The molecule has 2 atom stereocenters. The summed E-state index contributed by atoms with van der Waals surface area (Å²) < 4.78 is 69.8. The molecule has 3 aromatic rings. The van der Waals surface area contributed by atoms with Gasteiger partial charge in [0.25, 0.3) is 15.9 Å². The Morgan fingerprint density at radius 3 is 2.77 bits per heavy atom. The number of alkyl halides is 2. The Labute approximate surface area is 224 Å². The molecule has 1 amide bonds. The Morgan fingerprint density at radius 2 is 2.08 bits per heavy atom. The number of anilines is 2. The van der Waals surface area contributed by atoms with E-state index in [1.807, 2.05) is 0 Å². The van der Waals surface area contributed by atoms with Gasteiger partial charge >= 0.3 is 5.97 Å². The number of rotatable bonds is 8. The molecule has 2 aromatic heterocycles. The van der Waals surface area contributed by atoms with E-state index in [0.717, 1.165) is 17.2 Å². The molecule has 0 spiro atoms. The van der Waals surface area contributed by atoms with Crippen LogP contribution >= 0.6 is 11.3 Å². The molecule has 1 aromatic carbocycles. The van der Waals surface area contributed by atoms with Gasteiger partial charge in [-0.05, 0) is 35.6 Å². The van der Waals surface area contributed by atoms with Crippen molar-refractivity contribution in [2.45, 2.75) is 41.5 Å². The number of benzene rings is 1. The van der Waals surface area contributed by atoms with Gasteiger partial charge in [0, 0.05) is 37.5 Å². The number of carbonyl (C=O) groups is 2. The van der Waals surface area contributed by atoms with E-state index in [1.54, 1.807) is 6.07 Å². The quantitative estimate of drug-likeness (QED) is 0.359. The molecule has 2 unspecified atom stereocenters. The lowest BCUT2D eigenvalue weighted by Gasteiger charge is -2.25. The third kappa shape index (κ3) is 5.35. The maximum Gasteiger partial charge on any atom is 0.326 e. The second-order valence-corrected chi connectivity index (χ2v) is 12.4. The van der Waals surface area contributed by atoms with Crippen molar-refractivity contribution in [2.75, 3.05) is 30.3 Å². The van der Waals surface area contributed by atoms with Crippen molar-refractivity contribution in [1.82, 2.24) is 19.6 Å². The normalized spacial score (nSPS) is 20.2. The summed E-state index contributed by atoms with van der Waals surface area (Å²) in [6.07, 6.45) is 1.72. The van der Waals surface area contributed by atoms with E-state index in [1.165, 1.54) is 17.2 Å². The molecule has 2 aliphatic rings. The monoisotopic (exact) mass is 584 g/mol. The molecule has 0 saturated carbocycles. The fourth-order valence-corrected chi connectivity index (χ4v) is 7.13. The first kappa shape index (κ1) is 27.1. The number of sulfonamides is 1. The molecule has 0 radical (unpaired) electrons. The van der Waals surface area contributed by atoms with Crippen LogP contribution in [0.3, 0.4) is 0 Å². The third-order valence-corrected chi connectivity index (χ3v) is 9.74. The second-order valence-electron chi connectivity index (χ2n) is 9.40. The third-order valence-electron chi connectivity index (χ3n) is 6.75. The van der Waals surface area contributed by atoms with Crippen molar-refractivity contribution in [3.05, 3.63) is 42.0 Å². The van der Waals surface area contributed by atoms with Gasteiger partial charge in [-0.2, -0.15) is 4.72 Å². The number of nitrogens with zero attached hydrogens (tertiary/aromatic N) is 4. The maximum absolute atomic E-state index is 14.8. The number of fused-ring (bicyclic) bond motifs is 1. The number of carbonyl (C=O) groups excluding carboxylic acids is 1. The van der Waals surface area contributed by atoms with Crippen molar-refractivity contribution in [3.8, 4) is 0 Å². The van der Waals surface area contributed by atoms with Crippen LogP contribution in [0.1, 0.15) is 18.4 Å². The maximum atomic E-state index is 14.8. The van der Waals surface area contributed by atoms with Crippen molar-refractivity contribution in [2.24, 2.45) is 0 Å². The average molecular weight is 585 g/mol. The summed E-state index contributed by atoms with van der Waals surface area (Å²) in [7, 11) is -4.26. The van der Waals surface area contributed by atoms with Crippen LogP contribution in [0.25, 0.3) is 10.8 Å². The lowest BCUT2D eigenvalue weighted by molar-refractivity contribution is -0.148. The summed E-state index contributed by atoms with van der Waals surface area (Å²) in [5.41, 5.74) is 5.82. The standard InChI is InChI=1S/C23H23F3N6O5S2/c24-15-9-14-12(1-4-28-19(14)27)7-13(15)8-17(21(34)35)32-5-2-16(20(32)33)30-39(36,37)18-10-29-22(38-18)31-6-3-23(25,26)11-31/h1,4,7,9-10,16-17,30H,2-3,5-6,8,11H2,(H2,27,28)(H,34,35). The number of pyridine rings is 1. The van der Waals surface area contributed by atoms with Gasteiger partial charge in [-0.25, -0.2) is 36.4 Å². The number of nitrogens with two attached hydrogens (primary N) is 1. The van der Waals surface area contributed by atoms with E-state index in [0.29, 0.717) is 22.1 Å². The van der Waals surface area contributed by atoms with E-state index in [9.17, 15) is 36.3 Å². The lowest BCUT2D eigenvalue weighted by atomic mass is 10.0. The minimum Gasteiger partial charge on any atom is -0.480 e. The number of nitrogen functional groups attached to an aromatic ring is 1. The number of carboxylic acids is 1. The highest BCUT2D eigenvalue weighted by molar-refractivity contribution is 7.91. The predicted molar refractivity (Wildman–Crippen MR) is 136 cm³/mol. The Kier molecular flexibility index (Phi) is 6.88. The van der Waals surface area contributed by atoms with Crippen LogP contribution in [0, 0.1) is 5.82 Å². The van der Waals surface area contributed by atoms with Gasteiger partial charge in [-0.1, -0.05) is 11.3 Å². The SMILES string of the molecule is Nc1nccc2cc(CC(C(=O)O)N3CCC(NS(=O)(=O)c4cnc(N5CCC(F)(F)C5)s4)C3=O)c(F)cc12. The summed E-state index contributed by atoms with van der Waals surface area (Å²) in [6.45, 7) is -0.615. The molecule has 16 heteroatoms. The van der Waals surface area contributed by atoms with E-state index in [2.05, 4.69) is 14.7 Å². The zero-order valence-corrected chi connectivity index (χ0v) is 21.8. The average Bonchev–Trinajstić information content (AvgIpc) is 3.58. The van der Waals surface area contributed by atoms with E-state index in [-0.39, 0.29) is 53.1 Å². The van der Waals surface area contributed by atoms with Crippen LogP contribution in [0.5, 0.6) is 0 Å². The summed E-state index contributed by atoms with van der Waals surface area (Å²) >= 11 is 0.697. The second kappa shape index (κ2) is 9.91. The van der Waals surface area contributed by atoms with Gasteiger partial charge in [0.15, 0.2) is 9.34 Å². The van der Waals surface area contributed by atoms with E-state index < -0.39 is 52.3 Å². The first-order valence-corrected chi connectivity index (χ1v) is 14.1. The molecule has 4 N–H and O–H groups in total. The van der Waals surface area contributed by atoms with E-state index in [4.69, 9.17) is 5.73 Å². The number of amides is 1. The van der Waals surface area contributed by atoms with Gasteiger partial charge in [0.2, 0.25) is 5.91 Å². The fourth-order valence-electron chi connectivity index (χ4n) is 4.75. The van der Waals surface area contributed by atoms with Gasteiger partial charge < -0.3 is 20.6 Å². The molecular formula is C23H23F3N6O5S2. The highest BCUT2D eigenvalue weighted by atomic mass is 32.2. The smallest absolute Gasteiger partial charge is 0.326 e. The number of hydrogen-bond acceptors (Lipinski definition) is 9. The molecule has 2 aliphatic heterocycles. The summed E-state index contributed by atoms with van der Waals surface area (Å²) in [6, 6.07) is 1.48. The summed E-state index contributed by atoms with van der Waals surface area (Å²) in [4.78, 5) is 35.3. The Bertz CT molecular complexity index is 1570. The van der Waals surface area contributed by atoms with Crippen LogP contribution in [0.4, 0.5) is 24.1 Å². The Morgan fingerprint density at radius 1 is 1.31 bits per heavy atom. The zero-order valence-electron chi connectivity index (χ0n) is 20.2. The summed E-state index contributed by atoms with van der Waals surface area (Å²) in [5.74, 6) is -5.64. The van der Waals surface area contributed by atoms with Crippen molar-refractivity contribution < 1.29 is 36.3 Å². The number of nitrogens with one attached hydrogen (secondary N) is 1. The molecule has 0 bridgehead atoms.